The Morgan fingerprint density at radius 3 is 2.38 bits per heavy atom. The summed E-state index contributed by atoms with van der Waals surface area (Å²) < 4.78 is 24.8. The van der Waals surface area contributed by atoms with Crippen molar-refractivity contribution in [1.29, 1.82) is 0 Å². The van der Waals surface area contributed by atoms with Crippen LogP contribution < -0.4 is 14.8 Å². The minimum absolute atomic E-state index is 0.122. The predicted octanol–water partition coefficient (Wildman–Crippen LogP) is 3.96. The van der Waals surface area contributed by atoms with E-state index in [0.29, 0.717) is 38.2 Å². The van der Waals surface area contributed by atoms with Gasteiger partial charge >= 0.3 is 0 Å². The first kappa shape index (κ1) is 21.9. The molecule has 0 aromatic heterocycles. The fraction of sp³-hybridized carbons (Fsp3) is 0.259. The van der Waals surface area contributed by atoms with Gasteiger partial charge in [-0.05, 0) is 71.3 Å². The number of nitrogens with one attached hydrogen (secondary N) is 1. The number of carbonyl (C=O) groups excluding carboxylic acids is 2. The number of carbonyl (C=O) groups is 2. The van der Waals surface area contributed by atoms with Gasteiger partial charge in [0.2, 0.25) is 5.91 Å². The molecule has 3 aromatic carbocycles. The Hall–Kier alpha value is -3.87. The molecule has 0 saturated carbocycles. The molecule has 0 aliphatic carbocycles. The molecule has 34 heavy (non-hydrogen) atoms. The number of fused-ring (bicyclic) bond motifs is 1. The van der Waals surface area contributed by atoms with Gasteiger partial charge in [-0.3, -0.25) is 9.59 Å². The summed E-state index contributed by atoms with van der Waals surface area (Å²) in [5.41, 5.74) is 0.989. The molecule has 0 radical (unpaired) electrons. The second kappa shape index (κ2) is 8.82. The molecule has 0 unspecified atom stereocenters. The molecule has 2 heterocycles. The maximum Gasteiger partial charge on any atom is 0.253 e. The monoisotopic (exact) mass is 460 g/mol. The zero-order chi connectivity index (χ0) is 23.7. The zero-order valence-electron chi connectivity index (χ0n) is 18.8. The van der Waals surface area contributed by atoms with Crippen LogP contribution in [0.5, 0.6) is 11.5 Å². The Kier molecular flexibility index (Phi) is 5.69. The van der Waals surface area contributed by atoms with Gasteiger partial charge in [-0.25, -0.2) is 4.39 Å². The van der Waals surface area contributed by atoms with Crippen molar-refractivity contribution in [3.63, 3.8) is 0 Å². The van der Waals surface area contributed by atoms with Crippen molar-refractivity contribution in [2.75, 3.05) is 33.4 Å². The van der Waals surface area contributed by atoms with Crippen LogP contribution in [0.3, 0.4) is 0 Å². The van der Waals surface area contributed by atoms with Crippen molar-refractivity contribution < 1.29 is 23.5 Å². The number of hydrogen-bond donors (Lipinski definition) is 1. The summed E-state index contributed by atoms with van der Waals surface area (Å²) in [4.78, 5) is 26.7. The van der Waals surface area contributed by atoms with Gasteiger partial charge in [0.1, 0.15) is 23.9 Å². The van der Waals surface area contributed by atoms with E-state index < -0.39 is 5.41 Å². The Morgan fingerprint density at radius 1 is 1.03 bits per heavy atom. The number of methoxy groups -OCH3 is 1. The molecule has 0 spiro atoms. The number of rotatable bonds is 6. The number of nitrogens with zero attached hydrogens (tertiary/aromatic N) is 1. The predicted molar refractivity (Wildman–Crippen MR) is 126 cm³/mol. The van der Waals surface area contributed by atoms with E-state index in [1.54, 1.807) is 18.1 Å². The minimum Gasteiger partial charge on any atom is -0.497 e. The maximum absolute atomic E-state index is 13.3. The third-order valence-electron chi connectivity index (χ3n) is 6.58. The van der Waals surface area contributed by atoms with Crippen molar-refractivity contribution in [2.24, 2.45) is 5.41 Å². The number of likely N-dealkylation sites (tertiary alicyclic amines) is 1. The molecule has 5 rings (SSSR count). The van der Waals surface area contributed by atoms with E-state index in [1.807, 2.05) is 36.4 Å². The van der Waals surface area contributed by atoms with Crippen LogP contribution in [0.4, 0.5) is 4.39 Å². The van der Waals surface area contributed by atoms with Crippen LogP contribution in [0, 0.1) is 11.2 Å². The van der Waals surface area contributed by atoms with Crippen LogP contribution in [0.2, 0.25) is 0 Å². The highest BCUT2D eigenvalue weighted by Gasteiger charge is 2.49. The lowest BCUT2D eigenvalue weighted by atomic mass is 9.71. The van der Waals surface area contributed by atoms with Gasteiger partial charge in [-0.2, -0.15) is 0 Å². The Morgan fingerprint density at radius 2 is 1.71 bits per heavy atom. The summed E-state index contributed by atoms with van der Waals surface area (Å²) in [7, 11) is 1.64. The molecular weight excluding hydrogens is 435 g/mol. The fourth-order valence-electron chi connectivity index (χ4n) is 4.65. The number of halogens is 1. The van der Waals surface area contributed by atoms with Crippen molar-refractivity contribution in [2.45, 2.75) is 6.42 Å². The largest absolute Gasteiger partial charge is 0.497 e. The third-order valence-corrected chi connectivity index (χ3v) is 6.58. The van der Waals surface area contributed by atoms with Gasteiger partial charge in [-0.15, -0.1) is 0 Å². The van der Waals surface area contributed by atoms with E-state index in [1.165, 1.54) is 24.3 Å². The van der Waals surface area contributed by atoms with Gasteiger partial charge in [0, 0.05) is 31.3 Å². The molecule has 3 aromatic rings. The van der Waals surface area contributed by atoms with Crippen LogP contribution in [0.15, 0.2) is 72.3 Å². The first-order valence-corrected chi connectivity index (χ1v) is 11.2. The van der Waals surface area contributed by atoms with E-state index in [9.17, 15) is 14.0 Å². The highest BCUT2D eigenvalue weighted by atomic mass is 19.1. The standard InChI is InChI=1S/C27H25FN2O4/c1-33-23-8-4-20-13-24(9-5-19(20)12-23)34-17-27(21-10-11-29-25(31)14-21)15-30(16-27)26(32)18-2-6-22(28)7-3-18/h2-9,12-14H,10-11,15-17H2,1H3,(H,29,31). The molecule has 2 aliphatic rings. The summed E-state index contributed by atoms with van der Waals surface area (Å²) >= 11 is 0. The molecule has 1 saturated heterocycles. The minimum atomic E-state index is -0.442. The highest BCUT2D eigenvalue weighted by molar-refractivity contribution is 5.95. The van der Waals surface area contributed by atoms with Gasteiger partial charge in [0.25, 0.3) is 5.91 Å². The van der Waals surface area contributed by atoms with E-state index >= 15 is 0 Å². The summed E-state index contributed by atoms with van der Waals surface area (Å²) in [6.07, 6.45) is 2.35. The van der Waals surface area contributed by atoms with Gasteiger partial charge in [-0.1, -0.05) is 12.1 Å². The van der Waals surface area contributed by atoms with E-state index in [-0.39, 0.29) is 17.6 Å². The third kappa shape index (κ3) is 4.21. The molecule has 0 atom stereocenters. The van der Waals surface area contributed by atoms with Crippen LogP contribution >= 0.6 is 0 Å². The molecule has 1 fully saturated rings. The highest BCUT2D eigenvalue weighted by Crippen LogP contribution is 2.41. The molecule has 2 aliphatic heterocycles. The van der Waals surface area contributed by atoms with Crippen molar-refractivity contribution >= 4 is 22.6 Å². The lowest BCUT2D eigenvalue weighted by Gasteiger charge is -2.51. The van der Waals surface area contributed by atoms with Crippen LogP contribution in [0.1, 0.15) is 16.8 Å². The number of benzene rings is 3. The zero-order valence-corrected chi connectivity index (χ0v) is 18.8. The average molecular weight is 461 g/mol. The molecule has 174 valence electrons. The maximum atomic E-state index is 13.3. The molecule has 6 nitrogen and oxygen atoms in total. The average Bonchev–Trinajstić information content (AvgIpc) is 2.83. The summed E-state index contributed by atoms with van der Waals surface area (Å²) in [5, 5.41) is 4.90. The molecule has 2 amide bonds. The number of amides is 2. The lowest BCUT2D eigenvalue weighted by molar-refractivity contribution is -0.117. The SMILES string of the molecule is COc1ccc2cc(OCC3(C4=CC(=O)NCC4)CN(C(=O)c4ccc(F)cc4)C3)ccc2c1. The first-order valence-electron chi connectivity index (χ1n) is 11.2. The Bertz CT molecular complexity index is 1280. The second-order valence-electron chi connectivity index (χ2n) is 8.82. The topological polar surface area (TPSA) is 67.9 Å². The van der Waals surface area contributed by atoms with Gasteiger partial charge in [0.15, 0.2) is 0 Å². The summed E-state index contributed by atoms with van der Waals surface area (Å²) in [6, 6.07) is 17.3. The normalized spacial score (nSPS) is 16.9. The lowest BCUT2D eigenvalue weighted by Crippen LogP contribution is -2.62. The Balaban J connectivity index is 1.35. The van der Waals surface area contributed by atoms with E-state index in [2.05, 4.69) is 5.32 Å². The smallest absolute Gasteiger partial charge is 0.253 e. The quantitative estimate of drug-likeness (QED) is 0.605. The van der Waals surface area contributed by atoms with Gasteiger partial charge in [0.05, 0.1) is 12.5 Å². The molecule has 7 heteroatoms. The first-order chi connectivity index (χ1) is 16.5. The van der Waals surface area contributed by atoms with Gasteiger partial charge < -0.3 is 19.7 Å². The Labute approximate surface area is 197 Å². The van der Waals surface area contributed by atoms with E-state index in [0.717, 1.165) is 27.8 Å². The summed E-state index contributed by atoms with van der Waals surface area (Å²) in [5.74, 6) is 0.860. The van der Waals surface area contributed by atoms with Crippen LogP contribution in [0.25, 0.3) is 10.8 Å². The van der Waals surface area contributed by atoms with Crippen molar-refractivity contribution in [3.05, 3.63) is 83.7 Å². The van der Waals surface area contributed by atoms with E-state index in [4.69, 9.17) is 9.47 Å². The molecule has 0 bridgehead atoms. The number of ether oxygens (including phenoxy) is 2. The van der Waals surface area contributed by atoms with Crippen LogP contribution in [-0.2, 0) is 4.79 Å². The van der Waals surface area contributed by atoms with Crippen LogP contribution in [-0.4, -0.2) is 50.1 Å². The fourth-order valence-corrected chi connectivity index (χ4v) is 4.65. The summed E-state index contributed by atoms with van der Waals surface area (Å²) in [6.45, 7) is 1.79. The van der Waals surface area contributed by atoms with Crippen molar-refractivity contribution in [3.8, 4) is 11.5 Å². The second-order valence-corrected chi connectivity index (χ2v) is 8.82. The number of hydrogen-bond acceptors (Lipinski definition) is 4. The molecule has 1 N–H and O–H groups in total. The van der Waals surface area contributed by atoms with Crippen molar-refractivity contribution in [1.82, 2.24) is 10.2 Å². The molecular formula is C27H25FN2O4.